The van der Waals surface area contributed by atoms with E-state index < -0.39 is 12.7 Å². The highest BCUT2D eigenvalue weighted by Gasteiger charge is 2.25. The number of halogens is 3. The molecule has 3 nitrogen and oxygen atoms in total. The summed E-state index contributed by atoms with van der Waals surface area (Å²) in [6.45, 7) is -0.598. The minimum absolute atomic E-state index is 0.332. The van der Waals surface area contributed by atoms with Crippen LogP contribution in [0.4, 0.5) is 13.2 Å². The molecule has 0 unspecified atom stereocenters. The molecule has 1 aromatic rings. The van der Waals surface area contributed by atoms with Crippen molar-refractivity contribution in [3.63, 3.8) is 0 Å². The van der Waals surface area contributed by atoms with E-state index in [1.54, 1.807) is 17.9 Å². The summed E-state index contributed by atoms with van der Waals surface area (Å²) in [5.74, 6) is 0.599. The van der Waals surface area contributed by atoms with E-state index >= 15 is 0 Å². The van der Waals surface area contributed by atoms with Crippen LogP contribution in [0, 0.1) is 0 Å². The summed E-state index contributed by atoms with van der Waals surface area (Å²) in [4.78, 5) is 0.964. The van der Waals surface area contributed by atoms with Crippen molar-refractivity contribution in [2.75, 3.05) is 18.8 Å². The molecule has 0 radical (unpaired) electrons. The maximum atomic E-state index is 11.7. The minimum Gasteiger partial charge on any atom is -0.308 e. The number of aryl methyl sites for hydroxylation is 1. The van der Waals surface area contributed by atoms with Crippen molar-refractivity contribution < 1.29 is 13.2 Å². The summed E-state index contributed by atoms with van der Waals surface area (Å²) in [6.07, 6.45) is -0.609. The van der Waals surface area contributed by atoms with E-state index in [1.807, 2.05) is 6.20 Å². The Balaban J connectivity index is 2.07. The maximum absolute atomic E-state index is 11.7. The predicted molar refractivity (Wildman–Crippen MR) is 52.9 cm³/mol. The van der Waals surface area contributed by atoms with Gasteiger partial charge in [0.15, 0.2) is 0 Å². The van der Waals surface area contributed by atoms with E-state index in [-0.39, 0.29) is 0 Å². The Labute approximate surface area is 90.0 Å². The topological polar surface area (TPSA) is 29.9 Å². The Kier molecular flexibility index (Phi) is 4.46. The first-order chi connectivity index (χ1) is 6.97. The minimum atomic E-state index is -4.13. The number of thioether (sulfide) groups is 1. The number of aromatic nitrogens is 2. The van der Waals surface area contributed by atoms with Crippen molar-refractivity contribution in [1.82, 2.24) is 15.1 Å². The second kappa shape index (κ2) is 5.41. The van der Waals surface area contributed by atoms with Crippen LogP contribution in [0.5, 0.6) is 0 Å². The summed E-state index contributed by atoms with van der Waals surface area (Å²) in [5, 5.41) is 6.28. The fourth-order valence-electron chi connectivity index (χ4n) is 0.944. The molecule has 1 N–H and O–H groups in total. The molecule has 0 fully saturated rings. The van der Waals surface area contributed by atoms with Gasteiger partial charge in [0.25, 0.3) is 0 Å². The van der Waals surface area contributed by atoms with Gasteiger partial charge in [-0.2, -0.15) is 18.3 Å². The van der Waals surface area contributed by atoms with Crippen LogP contribution in [0.3, 0.4) is 0 Å². The van der Waals surface area contributed by atoms with Gasteiger partial charge in [0.2, 0.25) is 0 Å². The van der Waals surface area contributed by atoms with Crippen LogP contribution in [0.2, 0.25) is 0 Å². The molecular weight excluding hydrogens is 227 g/mol. The van der Waals surface area contributed by atoms with Crippen molar-refractivity contribution >= 4 is 11.8 Å². The third-order valence-corrected chi connectivity index (χ3v) is 2.51. The summed E-state index contributed by atoms with van der Waals surface area (Å²) in [6, 6.07) is 0. The zero-order chi connectivity index (χ0) is 11.3. The van der Waals surface area contributed by atoms with Gasteiger partial charge in [0, 0.05) is 30.4 Å². The number of nitrogens with zero attached hydrogens (tertiary/aromatic N) is 2. The first kappa shape index (κ1) is 12.4. The van der Waals surface area contributed by atoms with E-state index in [2.05, 4.69) is 10.4 Å². The lowest BCUT2D eigenvalue weighted by molar-refractivity contribution is -0.124. The lowest BCUT2D eigenvalue weighted by Gasteiger charge is -2.06. The second-order valence-electron chi connectivity index (χ2n) is 2.99. The van der Waals surface area contributed by atoms with Crippen LogP contribution in [0.25, 0.3) is 0 Å². The molecule has 0 saturated carbocycles. The van der Waals surface area contributed by atoms with Crippen LogP contribution in [-0.2, 0) is 7.05 Å². The summed E-state index contributed by atoms with van der Waals surface area (Å²) < 4.78 is 36.8. The van der Waals surface area contributed by atoms with Gasteiger partial charge >= 0.3 is 6.18 Å². The van der Waals surface area contributed by atoms with E-state index in [0.29, 0.717) is 12.3 Å². The normalized spacial score (nSPS) is 12.0. The van der Waals surface area contributed by atoms with Crippen molar-refractivity contribution in [1.29, 1.82) is 0 Å². The van der Waals surface area contributed by atoms with Crippen LogP contribution in [0.1, 0.15) is 0 Å². The molecule has 0 spiro atoms. The Morgan fingerprint density at radius 1 is 1.53 bits per heavy atom. The second-order valence-corrected chi connectivity index (χ2v) is 4.16. The van der Waals surface area contributed by atoms with Crippen LogP contribution in [0.15, 0.2) is 17.3 Å². The molecule has 0 atom stereocenters. The standard InChI is InChI=1S/C8H12F3N3S/c1-14-5-7(4-13-14)15-3-2-12-6-8(9,10)11/h4-5,12H,2-3,6H2,1H3. The zero-order valence-electron chi connectivity index (χ0n) is 8.21. The molecule has 0 bridgehead atoms. The predicted octanol–water partition coefficient (Wildman–Crippen LogP) is 1.66. The highest BCUT2D eigenvalue weighted by Crippen LogP contribution is 2.16. The van der Waals surface area contributed by atoms with E-state index in [4.69, 9.17) is 0 Å². The van der Waals surface area contributed by atoms with Crippen molar-refractivity contribution in [3.8, 4) is 0 Å². The van der Waals surface area contributed by atoms with Gasteiger partial charge in [-0.05, 0) is 0 Å². The third-order valence-electron chi connectivity index (χ3n) is 1.55. The van der Waals surface area contributed by atoms with Gasteiger partial charge in [-0.3, -0.25) is 4.68 Å². The third kappa shape index (κ3) is 5.68. The first-order valence-electron chi connectivity index (χ1n) is 4.36. The molecular formula is C8H12F3N3S. The van der Waals surface area contributed by atoms with Gasteiger partial charge in [-0.25, -0.2) is 0 Å². The van der Waals surface area contributed by atoms with Crippen molar-refractivity contribution in [2.45, 2.75) is 11.1 Å². The summed E-state index contributed by atoms with van der Waals surface area (Å²) >= 11 is 1.48. The van der Waals surface area contributed by atoms with E-state index in [9.17, 15) is 13.2 Å². The molecule has 0 saturated heterocycles. The van der Waals surface area contributed by atoms with Gasteiger partial charge in [-0.1, -0.05) is 0 Å². The molecule has 0 aliphatic carbocycles. The molecule has 0 aliphatic heterocycles. The van der Waals surface area contributed by atoms with Crippen molar-refractivity contribution in [2.24, 2.45) is 7.05 Å². The largest absolute Gasteiger partial charge is 0.401 e. The van der Waals surface area contributed by atoms with E-state index in [0.717, 1.165) is 4.90 Å². The lowest BCUT2D eigenvalue weighted by Crippen LogP contribution is -2.30. The smallest absolute Gasteiger partial charge is 0.308 e. The number of rotatable bonds is 5. The van der Waals surface area contributed by atoms with Gasteiger partial charge < -0.3 is 5.32 Å². The molecule has 0 aromatic carbocycles. The number of hydrogen-bond donors (Lipinski definition) is 1. The fraction of sp³-hybridized carbons (Fsp3) is 0.625. The SMILES string of the molecule is Cn1cc(SCCNCC(F)(F)F)cn1. The molecule has 1 aromatic heterocycles. The van der Waals surface area contributed by atoms with Crippen LogP contribution >= 0.6 is 11.8 Å². The quantitative estimate of drug-likeness (QED) is 0.626. The molecule has 86 valence electrons. The van der Waals surface area contributed by atoms with Gasteiger partial charge in [0.1, 0.15) is 0 Å². The number of hydrogen-bond acceptors (Lipinski definition) is 3. The zero-order valence-corrected chi connectivity index (χ0v) is 9.03. The number of alkyl halides is 3. The first-order valence-corrected chi connectivity index (χ1v) is 5.35. The van der Waals surface area contributed by atoms with Crippen LogP contribution in [-0.4, -0.2) is 34.8 Å². The van der Waals surface area contributed by atoms with Crippen LogP contribution < -0.4 is 5.32 Å². The van der Waals surface area contributed by atoms with Gasteiger partial charge in [0.05, 0.1) is 12.7 Å². The monoisotopic (exact) mass is 239 g/mol. The maximum Gasteiger partial charge on any atom is 0.401 e. The molecule has 1 rings (SSSR count). The summed E-state index contributed by atoms with van der Waals surface area (Å²) in [5.41, 5.74) is 0. The average molecular weight is 239 g/mol. The Bertz CT molecular complexity index is 298. The van der Waals surface area contributed by atoms with E-state index in [1.165, 1.54) is 11.8 Å². The molecule has 1 heterocycles. The van der Waals surface area contributed by atoms with Gasteiger partial charge in [-0.15, -0.1) is 11.8 Å². The Morgan fingerprint density at radius 3 is 2.80 bits per heavy atom. The number of nitrogens with one attached hydrogen (secondary N) is 1. The molecule has 0 amide bonds. The van der Waals surface area contributed by atoms with Crippen molar-refractivity contribution in [3.05, 3.63) is 12.4 Å². The highest BCUT2D eigenvalue weighted by molar-refractivity contribution is 7.99. The Morgan fingerprint density at radius 2 is 2.27 bits per heavy atom. The lowest BCUT2D eigenvalue weighted by atomic mass is 10.6. The molecule has 15 heavy (non-hydrogen) atoms. The highest BCUT2D eigenvalue weighted by atomic mass is 32.2. The summed E-state index contributed by atoms with van der Waals surface area (Å²) in [7, 11) is 1.80. The molecule has 0 aliphatic rings. The average Bonchev–Trinajstić information content (AvgIpc) is 2.49. The Hall–Kier alpha value is -0.690. The fourth-order valence-corrected chi connectivity index (χ4v) is 1.78. The molecule has 7 heteroatoms.